The van der Waals surface area contributed by atoms with Crippen LogP contribution >= 0.6 is 0 Å². The van der Waals surface area contributed by atoms with Crippen molar-refractivity contribution in [1.29, 1.82) is 0 Å². The Kier molecular flexibility index (Phi) is 3.82. The van der Waals surface area contributed by atoms with E-state index in [1.54, 1.807) is 6.07 Å². The third-order valence-electron chi connectivity index (χ3n) is 5.03. The van der Waals surface area contributed by atoms with Crippen LogP contribution in [0.2, 0.25) is 0 Å². The number of carbonyl (C=O) groups is 1. The second kappa shape index (κ2) is 5.99. The van der Waals surface area contributed by atoms with Gasteiger partial charge in [-0.15, -0.1) is 0 Å². The molecular weight excluding hydrogens is 308 g/mol. The minimum Gasteiger partial charge on any atom is -0.317 e. The van der Waals surface area contributed by atoms with Crippen molar-refractivity contribution in [1.82, 2.24) is 20.2 Å². The van der Waals surface area contributed by atoms with E-state index in [1.807, 2.05) is 6.07 Å². The van der Waals surface area contributed by atoms with Crippen LogP contribution in [0, 0.1) is 5.92 Å². The second-order valence-corrected chi connectivity index (χ2v) is 6.48. The number of hydrogen-bond donors (Lipinski definition) is 3. The van der Waals surface area contributed by atoms with Crippen LogP contribution in [-0.2, 0) is 13.0 Å². The van der Waals surface area contributed by atoms with Gasteiger partial charge in [-0.25, -0.2) is 4.57 Å². The zero-order valence-corrected chi connectivity index (χ0v) is 13.4. The predicted octanol–water partition coefficient (Wildman–Crippen LogP) is -0.0247. The van der Waals surface area contributed by atoms with E-state index >= 15 is 0 Å². The van der Waals surface area contributed by atoms with E-state index in [0.717, 1.165) is 41.7 Å². The standard InChI is InChI=1S/C17H20N4O3/c22-15-17(24)21(16(23)11-4-6-18-7-5-11)14-12-9-19-8-3-10(12)1-2-13(14)20-15/h1-2,11,18-19H,3-9H2,(H,20,22). The SMILES string of the molecule is O=C(C1CCNCC1)n1c(=O)c(=O)[nH]c2ccc3c(c21)CNCC3. The first-order valence-corrected chi connectivity index (χ1v) is 8.42. The smallest absolute Gasteiger partial charge is 0.317 e. The molecule has 1 fully saturated rings. The zero-order valence-electron chi connectivity index (χ0n) is 13.4. The van der Waals surface area contributed by atoms with E-state index in [9.17, 15) is 14.4 Å². The lowest BCUT2D eigenvalue weighted by Crippen LogP contribution is -2.44. The quantitative estimate of drug-likeness (QED) is 0.639. The maximum absolute atomic E-state index is 13.0. The molecule has 0 spiro atoms. The average Bonchev–Trinajstić information content (AvgIpc) is 2.63. The zero-order chi connectivity index (χ0) is 16.7. The molecule has 2 aliphatic rings. The number of carbonyl (C=O) groups excluding carboxylic acids is 1. The third-order valence-corrected chi connectivity index (χ3v) is 5.03. The first-order valence-electron chi connectivity index (χ1n) is 8.42. The van der Waals surface area contributed by atoms with Crippen molar-refractivity contribution in [3.8, 4) is 0 Å². The molecule has 1 aromatic heterocycles. The molecular formula is C17H20N4O3. The lowest BCUT2D eigenvalue weighted by Gasteiger charge is -2.24. The summed E-state index contributed by atoms with van der Waals surface area (Å²) in [6, 6.07) is 3.77. The van der Waals surface area contributed by atoms with Gasteiger partial charge in [-0.2, -0.15) is 0 Å². The van der Waals surface area contributed by atoms with Crippen LogP contribution in [0.3, 0.4) is 0 Å². The normalized spacial score (nSPS) is 18.5. The molecule has 3 heterocycles. The highest BCUT2D eigenvalue weighted by molar-refractivity contribution is 5.93. The molecule has 0 saturated carbocycles. The summed E-state index contributed by atoms with van der Waals surface area (Å²) < 4.78 is 1.13. The van der Waals surface area contributed by atoms with Crippen LogP contribution in [0.5, 0.6) is 0 Å². The molecule has 126 valence electrons. The van der Waals surface area contributed by atoms with Crippen molar-refractivity contribution in [2.24, 2.45) is 5.92 Å². The summed E-state index contributed by atoms with van der Waals surface area (Å²) in [5.74, 6) is -0.474. The number of hydrogen-bond acceptors (Lipinski definition) is 5. The van der Waals surface area contributed by atoms with Gasteiger partial charge in [0.25, 0.3) is 0 Å². The van der Waals surface area contributed by atoms with E-state index in [4.69, 9.17) is 0 Å². The monoisotopic (exact) mass is 328 g/mol. The predicted molar refractivity (Wildman–Crippen MR) is 90.5 cm³/mol. The molecule has 0 atom stereocenters. The number of nitrogens with zero attached hydrogens (tertiary/aromatic N) is 1. The minimum absolute atomic E-state index is 0.221. The van der Waals surface area contributed by atoms with Gasteiger partial charge in [0.15, 0.2) is 0 Å². The topological polar surface area (TPSA) is 96.0 Å². The summed E-state index contributed by atoms with van der Waals surface area (Å²) in [7, 11) is 0. The van der Waals surface area contributed by atoms with Gasteiger partial charge in [0.05, 0.1) is 11.0 Å². The Morgan fingerprint density at radius 3 is 2.67 bits per heavy atom. The number of benzene rings is 1. The van der Waals surface area contributed by atoms with Gasteiger partial charge >= 0.3 is 11.1 Å². The molecule has 7 heteroatoms. The largest absolute Gasteiger partial charge is 0.323 e. The molecule has 0 unspecified atom stereocenters. The van der Waals surface area contributed by atoms with Crippen LogP contribution < -0.4 is 21.8 Å². The molecule has 1 aromatic carbocycles. The molecule has 1 saturated heterocycles. The highest BCUT2D eigenvalue weighted by Gasteiger charge is 2.27. The maximum Gasteiger partial charge on any atom is 0.323 e. The highest BCUT2D eigenvalue weighted by Crippen LogP contribution is 2.24. The first kappa shape index (κ1) is 15.3. The molecule has 0 aliphatic carbocycles. The summed E-state index contributed by atoms with van der Waals surface area (Å²) in [6.07, 6.45) is 2.22. The number of aromatic nitrogens is 2. The van der Waals surface area contributed by atoms with E-state index in [0.29, 0.717) is 30.4 Å². The first-order chi connectivity index (χ1) is 11.7. The number of fused-ring (bicyclic) bond motifs is 3. The Morgan fingerprint density at radius 1 is 1.08 bits per heavy atom. The molecule has 7 nitrogen and oxygen atoms in total. The minimum atomic E-state index is -0.773. The van der Waals surface area contributed by atoms with Crippen molar-refractivity contribution in [2.45, 2.75) is 25.8 Å². The van der Waals surface area contributed by atoms with E-state index < -0.39 is 11.1 Å². The summed E-state index contributed by atoms with van der Waals surface area (Å²) >= 11 is 0. The third kappa shape index (κ3) is 2.40. The van der Waals surface area contributed by atoms with Gasteiger partial charge in [0.2, 0.25) is 5.91 Å². The van der Waals surface area contributed by atoms with Crippen molar-refractivity contribution < 1.29 is 4.79 Å². The summed E-state index contributed by atoms with van der Waals surface area (Å²) in [6.45, 7) is 2.98. The van der Waals surface area contributed by atoms with Gasteiger partial charge in [0.1, 0.15) is 0 Å². The Balaban J connectivity index is 1.98. The fourth-order valence-electron chi connectivity index (χ4n) is 3.74. The molecule has 0 amide bonds. The van der Waals surface area contributed by atoms with Crippen molar-refractivity contribution in [3.63, 3.8) is 0 Å². The number of H-pyrrole nitrogens is 1. The average molecular weight is 328 g/mol. The van der Waals surface area contributed by atoms with Gasteiger partial charge in [-0.1, -0.05) is 6.07 Å². The fraction of sp³-hybridized carbons (Fsp3) is 0.471. The van der Waals surface area contributed by atoms with Crippen molar-refractivity contribution in [3.05, 3.63) is 44.0 Å². The van der Waals surface area contributed by atoms with Crippen LogP contribution in [0.1, 0.15) is 28.8 Å². The molecule has 4 rings (SSSR count). The second-order valence-electron chi connectivity index (χ2n) is 6.48. The highest BCUT2D eigenvalue weighted by atomic mass is 16.2. The Bertz CT molecular complexity index is 922. The van der Waals surface area contributed by atoms with Crippen LogP contribution in [-0.4, -0.2) is 35.1 Å². The van der Waals surface area contributed by atoms with Gasteiger partial charge < -0.3 is 15.6 Å². The number of aromatic amines is 1. The lowest BCUT2D eigenvalue weighted by molar-refractivity contribution is 0.0808. The molecule has 2 aromatic rings. The summed E-state index contributed by atoms with van der Waals surface area (Å²) in [5, 5.41) is 6.50. The molecule has 0 bridgehead atoms. The molecule has 24 heavy (non-hydrogen) atoms. The number of piperidine rings is 1. The van der Waals surface area contributed by atoms with E-state index in [1.165, 1.54) is 0 Å². The van der Waals surface area contributed by atoms with Gasteiger partial charge in [-0.05, 0) is 56.1 Å². The van der Waals surface area contributed by atoms with Gasteiger partial charge in [-0.3, -0.25) is 14.4 Å². The van der Waals surface area contributed by atoms with Crippen LogP contribution in [0.15, 0.2) is 21.7 Å². The van der Waals surface area contributed by atoms with Crippen molar-refractivity contribution in [2.75, 3.05) is 19.6 Å². The summed E-state index contributed by atoms with van der Waals surface area (Å²) in [4.78, 5) is 40.2. The van der Waals surface area contributed by atoms with Gasteiger partial charge in [0, 0.05) is 12.5 Å². The van der Waals surface area contributed by atoms with Crippen LogP contribution in [0.25, 0.3) is 11.0 Å². The Hall–Kier alpha value is -2.25. The lowest BCUT2D eigenvalue weighted by atomic mass is 9.95. The van der Waals surface area contributed by atoms with E-state index in [2.05, 4.69) is 15.6 Å². The fourth-order valence-corrected chi connectivity index (χ4v) is 3.74. The Morgan fingerprint density at radius 2 is 1.88 bits per heavy atom. The van der Waals surface area contributed by atoms with Crippen LogP contribution in [0.4, 0.5) is 0 Å². The summed E-state index contributed by atoms with van der Waals surface area (Å²) in [5.41, 5.74) is 1.66. The molecule has 0 radical (unpaired) electrons. The number of rotatable bonds is 1. The number of nitrogens with one attached hydrogen (secondary N) is 3. The van der Waals surface area contributed by atoms with Crippen molar-refractivity contribution >= 4 is 16.9 Å². The Labute approximate surface area is 138 Å². The molecule has 2 aliphatic heterocycles. The molecule has 3 N–H and O–H groups in total. The van der Waals surface area contributed by atoms with E-state index in [-0.39, 0.29) is 11.8 Å². The maximum atomic E-state index is 13.0.